The highest BCUT2D eigenvalue weighted by Gasteiger charge is 2.21. The molecular weight excluding hydrogens is 418 g/mol. The van der Waals surface area contributed by atoms with Gasteiger partial charge in [-0.25, -0.2) is 14.5 Å². The number of carbonyl (C=O) groups is 2. The van der Waals surface area contributed by atoms with Crippen LogP contribution in [0.15, 0.2) is 97.1 Å². The molecule has 0 aliphatic carbocycles. The van der Waals surface area contributed by atoms with Gasteiger partial charge in [0.1, 0.15) is 13.2 Å². The molecule has 0 fully saturated rings. The lowest BCUT2D eigenvalue weighted by Crippen LogP contribution is -2.47. The first kappa shape index (κ1) is 23.3. The van der Waals surface area contributed by atoms with E-state index in [2.05, 4.69) is 5.32 Å². The van der Waals surface area contributed by atoms with E-state index in [0.717, 1.165) is 21.6 Å². The minimum Gasteiger partial charge on any atom is -0.444 e. The molecule has 2 amide bonds. The number of benzene rings is 3. The average molecular weight is 444 g/mol. The Bertz CT molecular complexity index is 1070. The second-order valence-electron chi connectivity index (χ2n) is 7.00. The Labute approximate surface area is 192 Å². The van der Waals surface area contributed by atoms with Crippen molar-refractivity contribution >= 4 is 24.2 Å². The van der Waals surface area contributed by atoms with E-state index in [1.54, 1.807) is 6.08 Å². The number of carbonyl (C=O) groups excluding carboxylic acids is 2. The highest BCUT2D eigenvalue weighted by molar-refractivity contribution is 5.99. The van der Waals surface area contributed by atoms with Gasteiger partial charge in [-0.15, -0.1) is 0 Å². The molecule has 0 spiro atoms. The zero-order valence-electron chi connectivity index (χ0n) is 18.0. The summed E-state index contributed by atoms with van der Waals surface area (Å²) < 4.78 is 10.5. The molecule has 2 N–H and O–H groups in total. The fourth-order valence-electron chi connectivity index (χ4n) is 2.84. The molecule has 168 valence electrons. The fraction of sp³-hybridized carbons (Fsp3) is 0.115. The van der Waals surface area contributed by atoms with E-state index in [4.69, 9.17) is 14.9 Å². The lowest BCUT2D eigenvalue weighted by molar-refractivity contribution is 0.116. The predicted molar refractivity (Wildman–Crippen MR) is 126 cm³/mol. The molecule has 0 bridgehead atoms. The Balaban J connectivity index is 1.61. The van der Waals surface area contributed by atoms with Crippen LogP contribution < -0.4 is 5.32 Å². The van der Waals surface area contributed by atoms with Crippen LogP contribution >= 0.6 is 0 Å². The molecule has 0 saturated carbocycles. The normalized spacial score (nSPS) is 10.4. The molecule has 0 atom stereocenters. The van der Waals surface area contributed by atoms with E-state index in [0.29, 0.717) is 0 Å². The molecule has 3 rings (SSSR count). The number of guanidine groups is 1. The molecule has 33 heavy (non-hydrogen) atoms. The van der Waals surface area contributed by atoms with E-state index in [-0.39, 0.29) is 19.8 Å². The van der Waals surface area contributed by atoms with Gasteiger partial charge in [-0.05, 0) is 16.7 Å². The summed E-state index contributed by atoms with van der Waals surface area (Å²) in [5.41, 5.74) is 2.56. The Morgan fingerprint density at radius 3 is 1.88 bits per heavy atom. The maximum Gasteiger partial charge on any atom is 0.417 e. The molecule has 7 nitrogen and oxygen atoms in total. The van der Waals surface area contributed by atoms with Crippen molar-refractivity contribution in [3.8, 4) is 0 Å². The summed E-state index contributed by atoms with van der Waals surface area (Å²) >= 11 is 0. The summed E-state index contributed by atoms with van der Waals surface area (Å²) in [6.07, 6.45) is 1.94. The zero-order chi connectivity index (χ0) is 23.3. The van der Waals surface area contributed by atoms with Crippen LogP contribution in [-0.2, 0) is 22.7 Å². The molecule has 0 aromatic heterocycles. The molecule has 0 unspecified atom stereocenters. The van der Waals surface area contributed by atoms with Crippen molar-refractivity contribution in [2.75, 3.05) is 6.54 Å². The van der Waals surface area contributed by atoms with Crippen molar-refractivity contribution < 1.29 is 19.1 Å². The van der Waals surface area contributed by atoms with Gasteiger partial charge in [0.2, 0.25) is 5.96 Å². The monoisotopic (exact) mass is 443 g/mol. The SMILES string of the molecule is N=C(NC(=O)OCc1ccccc1)N(C/C=C/c1ccccc1)C(=O)OCc1ccccc1. The van der Waals surface area contributed by atoms with E-state index in [1.807, 2.05) is 97.1 Å². The maximum atomic E-state index is 12.7. The lowest BCUT2D eigenvalue weighted by atomic mass is 10.2. The van der Waals surface area contributed by atoms with Crippen LogP contribution in [0.25, 0.3) is 6.08 Å². The molecule has 0 saturated heterocycles. The highest BCUT2D eigenvalue weighted by atomic mass is 16.6. The molecule has 0 aliphatic rings. The average Bonchev–Trinajstić information content (AvgIpc) is 2.86. The largest absolute Gasteiger partial charge is 0.444 e. The second-order valence-corrected chi connectivity index (χ2v) is 7.00. The van der Waals surface area contributed by atoms with Gasteiger partial charge in [0, 0.05) is 0 Å². The van der Waals surface area contributed by atoms with E-state index >= 15 is 0 Å². The van der Waals surface area contributed by atoms with Crippen LogP contribution in [0, 0.1) is 5.41 Å². The molecule has 0 heterocycles. The third-order valence-corrected chi connectivity index (χ3v) is 4.53. The summed E-state index contributed by atoms with van der Waals surface area (Å²) in [6.45, 7) is 0.122. The third-order valence-electron chi connectivity index (χ3n) is 4.53. The number of amides is 2. The summed E-state index contributed by atoms with van der Waals surface area (Å²) in [4.78, 5) is 25.9. The van der Waals surface area contributed by atoms with Gasteiger partial charge >= 0.3 is 12.2 Å². The number of alkyl carbamates (subject to hydrolysis) is 1. The molecular formula is C26H25N3O4. The van der Waals surface area contributed by atoms with E-state index in [9.17, 15) is 9.59 Å². The highest BCUT2D eigenvalue weighted by Crippen LogP contribution is 2.06. The molecule has 0 aliphatic heterocycles. The first-order valence-electron chi connectivity index (χ1n) is 10.4. The third kappa shape index (κ3) is 7.99. The number of ether oxygens (including phenoxy) is 2. The van der Waals surface area contributed by atoms with Crippen LogP contribution in [0.5, 0.6) is 0 Å². The van der Waals surface area contributed by atoms with Crippen LogP contribution in [0.2, 0.25) is 0 Å². The Morgan fingerprint density at radius 1 is 0.788 bits per heavy atom. The van der Waals surface area contributed by atoms with Crippen LogP contribution in [0.4, 0.5) is 9.59 Å². The van der Waals surface area contributed by atoms with Crippen molar-refractivity contribution in [1.82, 2.24) is 10.2 Å². The fourth-order valence-corrected chi connectivity index (χ4v) is 2.84. The topological polar surface area (TPSA) is 91.7 Å². The Hall–Kier alpha value is -4.39. The van der Waals surface area contributed by atoms with Crippen molar-refractivity contribution in [3.63, 3.8) is 0 Å². The molecule has 0 radical (unpaired) electrons. The van der Waals surface area contributed by atoms with Gasteiger partial charge in [-0.3, -0.25) is 10.7 Å². The summed E-state index contributed by atoms with van der Waals surface area (Å²) in [7, 11) is 0. The number of hydrogen-bond acceptors (Lipinski definition) is 5. The van der Waals surface area contributed by atoms with Gasteiger partial charge in [0.15, 0.2) is 0 Å². The first-order valence-corrected chi connectivity index (χ1v) is 10.4. The van der Waals surface area contributed by atoms with Crippen molar-refractivity contribution in [3.05, 3.63) is 114 Å². The summed E-state index contributed by atoms with van der Waals surface area (Å²) in [5, 5.41) is 10.5. The van der Waals surface area contributed by atoms with Crippen molar-refractivity contribution in [2.24, 2.45) is 0 Å². The number of rotatable bonds is 7. The van der Waals surface area contributed by atoms with Crippen LogP contribution in [0.1, 0.15) is 16.7 Å². The maximum absolute atomic E-state index is 12.7. The predicted octanol–water partition coefficient (Wildman–Crippen LogP) is 5.20. The molecule has 7 heteroatoms. The van der Waals surface area contributed by atoms with Crippen LogP contribution in [-0.4, -0.2) is 29.6 Å². The van der Waals surface area contributed by atoms with E-state index < -0.39 is 18.1 Å². The van der Waals surface area contributed by atoms with Gasteiger partial charge in [-0.1, -0.05) is 103 Å². The number of nitrogens with zero attached hydrogens (tertiary/aromatic N) is 1. The standard InChI is InChI=1S/C26H25N3O4/c27-24(28-25(30)32-19-22-13-6-2-7-14-22)29(18-10-17-21-11-4-1-5-12-21)26(31)33-20-23-15-8-3-9-16-23/h1-17H,18-20H2,(H2,27,28,30)/b17-10+. The second kappa shape index (κ2) is 12.5. The molecule has 3 aromatic rings. The number of nitrogens with one attached hydrogen (secondary N) is 2. The summed E-state index contributed by atoms with van der Waals surface area (Å²) in [6, 6.07) is 27.9. The summed E-state index contributed by atoms with van der Waals surface area (Å²) in [5.74, 6) is -0.441. The number of hydrogen-bond donors (Lipinski definition) is 2. The minimum absolute atomic E-state index is 0.0281. The quantitative estimate of drug-likeness (QED) is 0.388. The van der Waals surface area contributed by atoms with Gasteiger partial charge in [0.05, 0.1) is 6.54 Å². The lowest BCUT2D eigenvalue weighted by Gasteiger charge is -2.21. The first-order chi connectivity index (χ1) is 16.1. The van der Waals surface area contributed by atoms with Crippen molar-refractivity contribution in [2.45, 2.75) is 13.2 Å². The minimum atomic E-state index is -0.836. The smallest absolute Gasteiger partial charge is 0.417 e. The van der Waals surface area contributed by atoms with E-state index in [1.165, 1.54) is 0 Å². The van der Waals surface area contributed by atoms with Gasteiger partial charge < -0.3 is 9.47 Å². The zero-order valence-corrected chi connectivity index (χ0v) is 18.0. The van der Waals surface area contributed by atoms with Crippen molar-refractivity contribution in [1.29, 1.82) is 5.41 Å². The van der Waals surface area contributed by atoms with Gasteiger partial charge in [0.25, 0.3) is 0 Å². The Morgan fingerprint density at radius 2 is 1.30 bits per heavy atom. The molecule has 3 aromatic carbocycles. The van der Waals surface area contributed by atoms with Crippen LogP contribution in [0.3, 0.4) is 0 Å². The van der Waals surface area contributed by atoms with Gasteiger partial charge in [-0.2, -0.15) is 0 Å². The Kier molecular flexibility index (Phi) is 8.79.